The summed E-state index contributed by atoms with van der Waals surface area (Å²) in [5.74, 6) is -0.0862. The minimum atomic E-state index is -3.59. The van der Waals surface area contributed by atoms with E-state index in [1.807, 2.05) is 0 Å². The quantitative estimate of drug-likeness (QED) is 0.626. The molecule has 1 unspecified atom stereocenters. The summed E-state index contributed by atoms with van der Waals surface area (Å²) < 4.78 is 22.3. The van der Waals surface area contributed by atoms with Gasteiger partial charge in [-0.05, 0) is 37.8 Å². The van der Waals surface area contributed by atoms with E-state index in [1.54, 1.807) is 30.3 Å². The highest BCUT2D eigenvalue weighted by Crippen LogP contribution is 2.47. The molecule has 0 radical (unpaired) electrons. The van der Waals surface area contributed by atoms with Crippen LogP contribution in [0.3, 0.4) is 0 Å². The van der Waals surface area contributed by atoms with Crippen molar-refractivity contribution < 1.29 is 18.6 Å². The van der Waals surface area contributed by atoms with Crippen molar-refractivity contribution in [2.75, 3.05) is 6.54 Å². The van der Waals surface area contributed by atoms with Gasteiger partial charge in [-0.2, -0.15) is 0 Å². The number of carbonyl (C=O) groups excluding carboxylic acids is 1. The fraction of sp³-hybridized carbons (Fsp3) is 0.500. The second-order valence-electron chi connectivity index (χ2n) is 4.62. The Balaban J connectivity index is 0.00000220. The minimum absolute atomic E-state index is 0. The molecular formula is C14H21ClNO4P. The lowest BCUT2D eigenvalue weighted by molar-refractivity contribution is -0.147. The van der Waals surface area contributed by atoms with E-state index in [9.17, 15) is 9.36 Å². The molecule has 0 aliphatic heterocycles. The normalized spacial score (nSPS) is 17.6. The van der Waals surface area contributed by atoms with Crippen molar-refractivity contribution in [2.45, 2.75) is 39.2 Å². The van der Waals surface area contributed by atoms with Crippen molar-refractivity contribution in [3.63, 3.8) is 0 Å². The molecule has 0 aromatic heterocycles. The lowest BCUT2D eigenvalue weighted by Gasteiger charge is -2.15. The van der Waals surface area contributed by atoms with Gasteiger partial charge in [0.1, 0.15) is 18.4 Å². The predicted octanol–water partition coefficient (Wildman–Crippen LogP) is 4.12. The number of carbonyl (C=O) groups is 1. The monoisotopic (exact) mass is 333 g/mol. The Bertz CT molecular complexity index is 491. The number of halogens is 1. The van der Waals surface area contributed by atoms with Crippen LogP contribution in [0.25, 0.3) is 0 Å². The summed E-state index contributed by atoms with van der Waals surface area (Å²) in [5, 5.41) is 2.41. The number of benzene rings is 1. The smallest absolute Gasteiger partial charge is 0.409 e. The van der Waals surface area contributed by atoms with Gasteiger partial charge in [0.25, 0.3) is 0 Å². The molecule has 1 aromatic carbocycles. The number of para-hydroxylation sites is 1. The lowest BCUT2D eigenvalue weighted by atomic mass is 10.3. The first kappa shape index (κ1) is 18.0. The predicted molar refractivity (Wildman–Crippen MR) is 83.6 cm³/mol. The maximum atomic E-state index is 11.9. The van der Waals surface area contributed by atoms with Crippen LogP contribution < -0.4 is 9.61 Å². The van der Waals surface area contributed by atoms with Crippen LogP contribution in [-0.4, -0.2) is 18.6 Å². The van der Waals surface area contributed by atoms with Crippen molar-refractivity contribution in [2.24, 2.45) is 0 Å². The van der Waals surface area contributed by atoms with Gasteiger partial charge in [-0.3, -0.25) is 4.79 Å². The molecule has 1 aliphatic carbocycles. The minimum Gasteiger partial charge on any atom is -0.461 e. The maximum Gasteiger partial charge on any atom is 0.409 e. The third kappa shape index (κ3) is 6.51. The highest BCUT2D eigenvalue weighted by Gasteiger charge is 2.24. The first-order valence-corrected chi connectivity index (χ1v) is 9.07. The Kier molecular flexibility index (Phi) is 7.23. The zero-order chi connectivity index (χ0) is 14.4. The average Bonchev–Trinajstić information content (AvgIpc) is 2.90. The number of hydrogen-bond donors (Lipinski definition) is 1. The summed E-state index contributed by atoms with van der Waals surface area (Å²) in [6, 6.07) is 8.54. The van der Waals surface area contributed by atoms with E-state index in [0.717, 1.165) is 25.7 Å². The van der Waals surface area contributed by atoms with Crippen LogP contribution in [0.1, 0.15) is 33.1 Å². The first-order chi connectivity index (χ1) is 9.55. The van der Waals surface area contributed by atoms with Gasteiger partial charge in [-0.25, -0.2) is 9.65 Å². The van der Waals surface area contributed by atoms with E-state index in [2.05, 4.69) is 5.09 Å². The maximum absolute atomic E-state index is 11.9. The van der Waals surface area contributed by atoms with E-state index >= 15 is 0 Å². The average molecular weight is 334 g/mol. The summed E-state index contributed by atoms with van der Waals surface area (Å²) in [5.41, 5.74) is 0. The van der Waals surface area contributed by atoms with E-state index in [0.29, 0.717) is 5.75 Å². The summed E-state index contributed by atoms with van der Waals surface area (Å²) >= 11 is 5.75. The van der Waals surface area contributed by atoms with Gasteiger partial charge in [-0.1, -0.05) is 25.6 Å². The Morgan fingerprint density at radius 1 is 1.29 bits per heavy atom. The molecule has 0 bridgehead atoms. The summed E-state index contributed by atoms with van der Waals surface area (Å²) in [7, 11) is 0. The van der Waals surface area contributed by atoms with Crippen molar-refractivity contribution >= 4 is 24.1 Å². The van der Waals surface area contributed by atoms with Crippen molar-refractivity contribution in [1.29, 1.82) is 0 Å². The third-order valence-corrected chi connectivity index (χ3v) is 4.53. The van der Waals surface area contributed by atoms with Crippen LogP contribution in [0, 0.1) is 0 Å². The second-order valence-corrected chi connectivity index (χ2v) is 7.41. The molecule has 1 fully saturated rings. The van der Waals surface area contributed by atoms with Crippen LogP contribution in [0.2, 0.25) is 0 Å². The molecule has 2 rings (SSSR count). The van der Waals surface area contributed by atoms with Gasteiger partial charge < -0.3 is 9.26 Å². The SMILES string of the molecule is C.O=C(CNP(=O)(Cl)Oc1ccccc1)OC1CCCC1. The number of ether oxygens (including phenoxy) is 1. The molecule has 5 nitrogen and oxygen atoms in total. The Labute approximate surface area is 130 Å². The number of hydrogen-bond acceptors (Lipinski definition) is 4. The zero-order valence-electron chi connectivity index (χ0n) is 11.0. The topological polar surface area (TPSA) is 64.6 Å². The molecule has 1 aliphatic rings. The number of rotatable bonds is 6. The van der Waals surface area contributed by atoms with E-state index in [4.69, 9.17) is 20.5 Å². The van der Waals surface area contributed by atoms with Crippen molar-refractivity contribution in [3.8, 4) is 5.75 Å². The van der Waals surface area contributed by atoms with Gasteiger partial charge in [0.2, 0.25) is 0 Å². The summed E-state index contributed by atoms with van der Waals surface area (Å²) in [6.45, 7) is -3.82. The fourth-order valence-corrected chi connectivity index (χ4v) is 3.24. The molecule has 21 heavy (non-hydrogen) atoms. The van der Waals surface area contributed by atoms with Crippen LogP contribution in [0.15, 0.2) is 30.3 Å². The standard InChI is InChI=1S/C13H17ClNO4P.CH4/c14-20(17,19-12-8-2-1-3-9-12)15-10-13(16)18-11-6-4-5-7-11;/h1-3,8-9,11H,4-7,10H2,(H,15,17);1H4. The molecule has 1 N–H and O–H groups in total. The third-order valence-electron chi connectivity index (χ3n) is 2.98. The summed E-state index contributed by atoms with van der Waals surface area (Å²) in [4.78, 5) is 11.6. The summed E-state index contributed by atoms with van der Waals surface area (Å²) in [6.07, 6.45) is 3.93. The number of nitrogens with one attached hydrogen (secondary N) is 1. The van der Waals surface area contributed by atoms with Crippen LogP contribution in [0.5, 0.6) is 5.75 Å². The van der Waals surface area contributed by atoms with Crippen LogP contribution in [0.4, 0.5) is 0 Å². The molecule has 1 aromatic rings. The van der Waals surface area contributed by atoms with Crippen LogP contribution in [-0.2, 0) is 14.1 Å². The van der Waals surface area contributed by atoms with E-state index < -0.39 is 12.8 Å². The molecule has 1 saturated carbocycles. The second kappa shape index (κ2) is 8.42. The van der Waals surface area contributed by atoms with E-state index in [1.165, 1.54) is 0 Å². The fourth-order valence-electron chi connectivity index (χ4n) is 2.04. The van der Waals surface area contributed by atoms with Gasteiger partial charge in [0, 0.05) is 11.2 Å². The Morgan fingerprint density at radius 2 is 1.90 bits per heavy atom. The highest BCUT2D eigenvalue weighted by molar-refractivity contribution is 7.84. The highest BCUT2D eigenvalue weighted by atomic mass is 35.7. The lowest BCUT2D eigenvalue weighted by Crippen LogP contribution is -2.25. The van der Waals surface area contributed by atoms with Gasteiger partial charge in [0.15, 0.2) is 0 Å². The molecular weight excluding hydrogens is 313 g/mol. The van der Waals surface area contributed by atoms with Gasteiger partial charge in [-0.15, -0.1) is 0 Å². The molecule has 7 heteroatoms. The molecule has 118 valence electrons. The first-order valence-electron chi connectivity index (χ1n) is 6.54. The largest absolute Gasteiger partial charge is 0.461 e. The molecule has 0 spiro atoms. The van der Waals surface area contributed by atoms with Crippen LogP contribution >= 0.6 is 18.1 Å². The Hall–Kier alpha value is -1.03. The molecule has 1 atom stereocenters. The van der Waals surface area contributed by atoms with Gasteiger partial charge in [0.05, 0.1) is 0 Å². The zero-order valence-corrected chi connectivity index (χ0v) is 12.6. The van der Waals surface area contributed by atoms with E-state index in [-0.39, 0.29) is 20.1 Å². The molecule has 0 amide bonds. The molecule has 0 saturated heterocycles. The number of esters is 1. The van der Waals surface area contributed by atoms with Crippen molar-refractivity contribution in [3.05, 3.63) is 30.3 Å². The van der Waals surface area contributed by atoms with Gasteiger partial charge >= 0.3 is 12.8 Å². The molecule has 0 heterocycles. The Morgan fingerprint density at radius 3 is 2.52 bits per heavy atom. The van der Waals surface area contributed by atoms with Crippen molar-refractivity contribution in [1.82, 2.24) is 5.09 Å².